The maximum absolute atomic E-state index is 12.8. The van der Waals surface area contributed by atoms with E-state index in [1.165, 1.54) is 0 Å². The molecule has 1 aromatic heterocycles. The Hall–Kier alpha value is -2.14. The number of rotatable bonds is 3. The first kappa shape index (κ1) is 16.3. The fourth-order valence-corrected chi connectivity index (χ4v) is 3.68. The van der Waals surface area contributed by atoms with Gasteiger partial charge in [-0.15, -0.1) is 0 Å². The third kappa shape index (κ3) is 2.97. The molecule has 0 unspecified atom stereocenters. The van der Waals surface area contributed by atoms with Gasteiger partial charge in [0.25, 0.3) is 5.91 Å². The molecule has 0 radical (unpaired) electrons. The summed E-state index contributed by atoms with van der Waals surface area (Å²) in [6.07, 6.45) is 2.31. The largest absolute Gasteiger partial charge is 0.390 e. The van der Waals surface area contributed by atoms with Crippen molar-refractivity contribution in [1.29, 1.82) is 0 Å². The third-order valence-corrected chi connectivity index (χ3v) is 5.09. The normalized spacial score (nSPS) is 22.7. The molecule has 0 bridgehead atoms. The number of fused-ring (bicyclic) bond motifs is 1. The second-order valence-corrected chi connectivity index (χ2v) is 8.23. The van der Waals surface area contributed by atoms with Crippen LogP contribution in [-0.2, 0) is 12.0 Å². The lowest BCUT2D eigenvalue weighted by Crippen LogP contribution is -2.34. The molecule has 5 heteroatoms. The van der Waals surface area contributed by atoms with E-state index in [1.807, 2.05) is 35.0 Å². The van der Waals surface area contributed by atoms with Gasteiger partial charge in [-0.25, -0.2) is 0 Å². The summed E-state index contributed by atoms with van der Waals surface area (Å²) in [4.78, 5) is 12.8. The molecule has 4 rings (SSSR count). The number of nitrogens with one attached hydrogen (secondary N) is 1. The van der Waals surface area contributed by atoms with E-state index in [-0.39, 0.29) is 17.5 Å². The highest BCUT2D eigenvalue weighted by atomic mass is 16.3. The Kier molecular flexibility index (Phi) is 3.72. The van der Waals surface area contributed by atoms with E-state index in [2.05, 4.69) is 31.2 Å². The zero-order valence-electron chi connectivity index (χ0n) is 15.0. The second-order valence-electron chi connectivity index (χ2n) is 8.23. The van der Waals surface area contributed by atoms with Crippen LogP contribution in [0.25, 0.3) is 0 Å². The minimum absolute atomic E-state index is 0.157. The lowest BCUT2D eigenvalue weighted by Gasteiger charge is -2.22. The van der Waals surface area contributed by atoms with E-state index in [0.717, 1.165) is 29.7 Å². The molecule has 0 spiro atoms. The smallest absolute Gasteiger partial charge is 0.272 e. The van der Waals surface area contributed by atoms with Crippen LogP contribution in [0.1, 0.15) is 72.9 Å². The SMILES string of the molecule is CC(C)(C)n1nc(C(=O)N[C@H]2c3ccccc3C[C@H]2O)cc1C1CC1. The average Bonchev–Trinajstić information content (AvgIpc) is 3.21. The van der Waals surface area contributed by atoms with Crippen LogP contribution in [0.5, 0.6) is 0 Å². The fraction of sp³-hybridized carbons (Fsp3) is 0.500. The van der Waals surface area contributed by atoms with Gasteiger partial charge >= 0.3 is 0 Å². The molecule has 5 nitrogen and oxygen atoms in total. The molecule has 2 aliphatic carbocycles. The highest BCUT2D eigenvalue weighted by Gasteiger charge is 2.35. The zero-order chi connectivity index (χ0) is 17.8. The molecule has 2 atom stereocenters. The topological polar surface area (TPSA) is 67.2 Å². The van der Waals surface area contributed by atoms with Gasteiger partial charge in [0, 0.05) is 18.0 Å². The van der Waals surface area contributed by atoms with E-state index < -0.39 is 6.10 Å². The van der Waals surface area contributed by atoms with Crippen LogP contribution in [0.2, 0.25) is 0 Å². The van der Waals surface area contributed by atoms with E-state index in [1.54, 1.807) is 0 Å². The molecule has 2 aliphatic rings. The summed E-state index contributed by atoms with van der Waals surface area (Å²) in [5, 5.41) is 17.9. The van der Waals surface area contributed by atoms with Crippen molar-refractivity contribution in [2.75, 3.05) is 0 Å². The van der Waals surface area contributed by atoms with E-state index >= 15 is 0 Å². The lowest BCUT2D eigenvalue weighted by molar-refractivity contribution is 0.0852. The van der Waals surface area contributed by atoms with Gasteiger partial charge in [0.05, 0.1) is 17.7 Å². The summed E-state index contributed by atoms with van der Waals surface area (Å²) >= 11 is 0. The monoisotopic (exact) mass is 339 g/mol. The van der Waals surface area contributed by atoms with Gasteiger partial charge in [-0.1, -0.05) is 24.3 Å². The van der Waals surface area contributed by atoms with Gasteiger partial charge < -0.3 is 10.4 Å². The van der Waals surface area contributed by atoms with Gasteiger partial charge in [0.15, 0.2) is 0 Å². The number of carbonyl (C=O) groups excluding carboxylic acids is 1. The molecular weight excluding hydrogens is 314 g/mol. The van der Waals surface area contributed by atoms with Crippen molar-refractivity contribution in [3.05, 3.63) is 52.8 Å². The summed E-state index contributed by atoms with van der Waals surface area (Å²) in [5.74, 6) is 0.303. The molecule has 0 aliphatic heterocycles. The van der Waals surface area contributed by atoms with Gasteiger partial charge in [0.2, 0.25) is 0 Å². The quantitative estimate of drug-likeness (QED) is 0.903. The van der Waals surface area contributed by atoms with Crippen molar-refractivity contribution in [2.24, 2.45) is 0 Å². The molecule has 0 saturated heterocycles. The number of amides is 1. The van der Waals surface area contributed by atoms with Crippen molar-refractivity contribution < 1.29 is 9.90 Å². The first-order valence-electron chi connectivity index (χ1n) is 9.02. The van der Waals surface area contributed by atoms with Gasteiger partial charge in [-0.2, -0.15) is 5.10 Å². The summed E-state index contributed by atoms with van der Waals surface area (Å²) in [6, 6.07) is 9.43. The molecule has 25 heavy (non-hydrogen) atoms. The predicted octanol–water partition coefficient (Wildman–Crippen LogP) is 2.90. The minimum atomic E-state index is -0.589. The molecule has 2 N–H and O–H groups in total. The summed E-state index contributed by atoms with van der Waals surface area (Å²) < 4.78 is 1.98. The Morgan fingerprint density at radius 2 is 2.00 bits per heavy atom. The molecule has 1 amide bonds. The Balaban J connectivity index is 1.60. The number of nitrogens with zero attached hydrogens (tertiary/aromatic N) is 2. The number of hydrogen-bond acceptors (Lipinski definition) is 3. The van der Waals surface area contributed by atoms with Crippen LogP contribution in [0, 0.1) is 0 Å². The second kappa shape index (κ2) is 5.70. The van der Waals surface area contributed by atoms with Gasteiger partial charge in [-0.3, -0.25) is 9.48 Å². The van der Waals surface area contributed by atoms with Crippen molar-refractivity contribution in [1.82, 2.24) is 15.1 Å². The molecule has 1 fully saturated rings. The van der Waals surface area contributed by atoms with Crippen LogP contribution in [0.3, 0.4) is 0 Å². The first-order valence-corrected chi connectivity index (χ1v) is 9.02. The van der Waals surface area contributed by atoms with E-state index in [0.29, 0.717) is 18.0 Å². The molecule has 2 aromatic rings. The number of aliphatic hydroxyl groups is 1. The Morgan fingerprint density at radius 1 is 1.28 bits per heavy atom. The van der Waals surface area contributed by atoms with E-state index in [9.17, 15) is 9.90 Å². The minimum Gasteiger partial charge on any atom is -0.390 e. The van der Waals surface area contributed by atoms with Crippen LogP contribution >= 0.6 is 0 Å². The van der Waals surface area contributed by atoms with Gasteiger partial charge in [0.1, 0.15) is 5.69 Å². The van der Waals surface area contributed by atoms with Crippen molar-refractivity contribution in [3.63, 3.8) is 0 Å². The van der Waals surface area contributed by atoms with Crippen LogP contribution in [0.4, 0.5) is 0 Å². The number of carbonyl (C=O) groups is 1. The summed E-state index contributed by atoms with van der Waals surface area (Å²) in [5.41, 5.74) is 3.52. The highest BCUT2D eigenvalue weighted by molar-refractivity contribution is 5.92. The summed E-state index contributed by atoms with van der Waals surface area (Å²) in [7, 11) is 0. The van der Waals surface area contributed by atoms with Crippen molar-refractivity contribution >= 4 is 5.91 Å². The predicted molar refractivity (Wildman–Crippen MR) is 95.6 cm³/mol. The van der Waals surface area contributed by atoms with Crippen LogP contribution in [0.15, 0.2) is 30.3 Å². The maximum atomic E-state index is 12.8. The lowest BCUT2D eigenvalue weighted by atomic mass is 10.1. The number of aliphatic hydroxyl groups excluding tert-OH is 1. The fourth-order valence-electron chi connectivity index (χ4n) is 3.68. The summed E-state index contributed by atoms with van der Waals surface area (Å²) in [6.45, 7) is 6.31. The van der Waals surface area contributed by atoms with Gasteiger partial charge in [-0.05, 0) is 50.8 Å². The number of hydrogen-bond donors (Lipinski definition) is 2. The maximum Gasteiger partial charge on any atom is 0.272 e. The molecule has 132 valence electrons. The van der Waals surface area contributed by atoms with E-state index in [4.69, 9.17) is 0 Å². The third-order valence-electron chi connectivity index (χ3n) is 5.09. The Morgan fingerprint density at radius 3 is 2.68 bits per heavy atom. The molecule has 1 heterocycles. The average molecular weight is 339 g/mol. The molecule has 1 aromatic carbocycles. The first-order chi connectivity index (χ1) is 11.8. The van der Waals surface area contributed by atoms with Crippen LogP contribution < -0.4 is 5.32 Å². The zero-order valence-corrected chi connectivity index (χ0v) is 15.0. The standard InChI is InChI=1S/C20H25N3O2/c1-20(2,3)23-16(12-8-9-12)11-15(22-23)19(25)21-18-14-7-5-4-6-13(14)10-17(18)24/h4-7,11-12,17-18,24H,8-10H2,1-3H3,(H,21,25)/t17-,18+/m1/s1. The molecular formula is C20H25N3O2. The Labute approximate surface area is 148 Å². The highest BCUT2D eigenvalue weighted by Crippen LogP contribution is 2.42. The molecule has 1 saturated carbocycles. The Bertz CT molecular complexity index is 815. The van der Waals surface area contributed by atoms with Crippen molar-refractivity contribution in [2.45, 2.75) is 63.6 Å². The van der Waals surface area contributed by atoms with Crippen molar-refractivity contribution in [3.8, 4) is 0 Å². The number of aromatic nitrogens is 2. The van der Waals surface area contributed by atoms with Crippen LogP contribution in [-0.4, -0.2) is 26.9 Å². The number of benzene rings is 1.